The van der Waals surface area contributed by atoms with Gasteiger partial charge in [-0.05, 0) is 43.5 Å². The van der Waals surface area contributed by atoms with Crippen LogP contribution in [0.4, 0.5) is 4.39 Å². The number of aromatic nitrogens is 1. The Balaban J connectivity index is 1.65. The second-order valence-electron chi connectivity index (χ2n) is 5.60. The second-order valence-corrected chi connectivity index (χ2v) is 6.45. The summed E-state index contributed by atoms with van der Waals surface area (Å²) < 4.78 is 23.8. The Labute approximate surface area is 138 Å². The molecule has 1 aliphatic rings. The molecule has 1 heterocycles. The van der Waals surface area contributed by atoms with Crippen LogP contribution in [0.15, 0.2) is 29.6 Å². The molecule has 0 amide bonds. The lowest BCUT2D eigenvalue weighted by Crippen LogP contribution is -2.29. The van der Waals surface area contributed by atoms with Crippen molar-refractivity contribution in [3.63, 3.8) is 0 Å². The molecule has 1 aromatic carbocycles. The Morgan fingerprint density at radius 2 is 2.00 bits per heavy atom. The van der Waals surface area contributed by atoms with Crippen molar-refractivity contribution in [1.29, 1.82) is 0 Å². The molecule has 122 valence electrons. The first-order valence-electron chi connectivity index (χ1n) is 7.61. The van der Waals surface area contributed by atoms with Crippen LogP contribution in [-0.4, -0.2) is 30.3 Å². The van der Waals surface area contributed by atoms with E-state index in [0.717, 1.165) is 31.2 Å². The Morgan fingerprint density at radius 3 is 2.74 bits per heavy atom. The topological polar surface area (TPSA) is 48.4 Å². The summed E-state index contributed by atoms with van der Waals surface area (Å²) in [5.74, 6) is -0.703. The van der Waals surface area contributed by atoms with Gasteiger partial charge in [-0.15, -0.1) is 11.3 Å². The maximum absolute atomic E-state index is 13.0. The van der Waals surface area contributed by atoms with E-state index in [2.05, 4.69) is 4.98 Å². The van der Waals surface area contributed by atoms with E-state index in [1.54, 1.807) is 24.6 Å². The summed E-state index contributed by atoms with van der Waals surface area (Å²) in [6.45, 7) is 0. The van der Waals surface area contributed by atoms with Gasteiger partial charge in [0.2, 0.25) is 0 Å². The van der Waals surface area contributed by atoms with Crippen LogP contribution in [0.5, 0.6) is 0 Å². The number of hydrogen-bond donors (Lipinski definition) is 0. The number of thiazole rings is 1. The normalized spacial score (nSPS) is 21.1. The summed E-state index contributed by atoms with van der Waals surface area (Å²) in [5, 5.41) is 2.35. The molecule has 0 spiro atoms. The molecule has 1 aliphatic carbocycles. The van der Waals surface area contributed by atoms with E-state index in [9.17, 15) is 9.18 Å². The molecule has 0 bridgehead atoms. The predicted octanol–water partition coefficient (Wildman–Crippen LogP) is 4.06. The Bertz CT molecular complexity index is 671. The summed E-state index contributed by atoms with van der Waals surface area (Å²) in [6, 6.07) is 6.05. The molecule has 2 aromatic rings. The van der Waals surface area contributed by atoms with Gasteiger partial charge in [0, 0.05) is 24.5 Å². The van der Waals surface area contributed by atoms with Crippen molar-refractivity contribution in [2.45, 2.75) is 37.9 Å². The molecule has 0 radical (unpaired) electrons. The average molecular weight is 335 g/mol. The Hall–Kier alpha value is -1.79. The van der Waals surface area contributed by atoms with Crippen molar-refractivity contribution in [3.8, 4) is 10.6 Å². The first-order valence-corrected chi connectivity index (χ1v) is 8.49. The van der Waals surface area contributed by atoms with Gasteiger partial charge in [-0.3, -0.25) is 0 Å². The van der Waals surface area contributed by atoms with Crippen LogP contribution in [0.25, 0.3) is 10.6 Å². The molecule has 1 fully saturated rings. The van der Waals surface area contributed by atoms with Crippen molar-refractivity contribution < 1.29 is 18.7 Å². The minimum absolute atomic E-state index is 0.114. The number of esters is 1. The molecule has 0 saturated heterocycles. The van der Waals surface area contributed by atoms with Gasteiger partial charge in [0.05, 0.1) is 6.10 Å². The smallest absolute Gasteiger partial charge is 0.358 e. The third-order valence-electron chi connectivity index (χ3n) is 3.99. The second kappa shape index (κ2) is 7.19. The van der Waals surface area contributed by atoms with Crippen LogP contribution in [0.3, 0.4) is 0 Å². The first-order chi connectivity index (χ1) is 11.2. The van der Waals surface area contributed by atoms with Crippen LogP contribution in [0.1, 0.15) is 36.2 Å². The fraction of sp³-hybridized carbons (Fsp3) is 0.412. The van der Waals surface area contributed by atoms with Crippen molar-refractivity contribution >= 4 is 17.3 Å². The standard InChI is InChI=1S/C17H18FNO3S/c1-21-13-3-2-4-14(9-13)22-17(20)15-10-23-16(19-15)11-5-7-12(18)8-6-11/h5-8,10,13-14H,2-4,9H2,1H3. The zero-order valence-electron chi connectivity index (χ0n) is 12.8. The monoisotopic (exact) mass is 335 g/mol. The largest absolute Gasteiger partial charge is 0.458 e. The van der Waals surface area contributed by atoms with Gasteiger partial charge in [0.1, 0.15) is 16.9 Å². The maximum atomic E-state index is 13.0. The molecule has 2 unspecified atom stereocenters. The van der Waals surface area contributed by atoms with E-state index in [0.29, 0.717) is 10.7 Å². The number of carbonyl (C=O) groups is 1. The summed E-state index contributed by atoms with van der Waals surface area (Å²) in [5.41, 5.74) is 1.08. The number of rotatable bonds is 4. The number of carbonyl (C=O) groups excluding carboxylic acids is 1. The van der Waals surface area contributed by atoms with Crippen LogP contribution in [0, 0.1) is 5.82 Å². The molecule has 0 aliphatic heterocycles. The maximum Gasteiger partial charge on any atom is 0.358 e. The van der Waals surface area contributed by atoms with Gasteiger partial charge in [-0.1, -0.05) is 0 Å². The predicted molar refractivity (Wildman–Crippen MR) is 86.0 cm³/mol. The highest BCUT2D eigenvalue weighted by molar-refractivity contribution is 7.13. The third-order valence-corrected chi connectivity index (χ3v) is 4.88. The van der Waals surface area contributed by atoms with Crippen molar-refractivity contribution in [2.75, 3.05) is 7.11 Å². The summed E-state index contributed by atoms with van der Waals surface area (Å²) in [7, 11) is 1.68. The van der Waals surface area contributed by atoms with E-state index >= 15 is 0 Å². The van der Waals surface area contributed by atoms with Crippen molar-refractivity contribution in [2.24, 2.45) is 0 Å². The number of hydrogen-bond acceptors (Lipinski definition) is 5. The highest BCUT2D eigenvalue weighted by atomic mass is 32.1. The Kier molecular flexibility index (Phi) is 5.03. The van der Waals surface area contributed by atoms with E-state index in [1.807, 2.05) is 0 Å². The fourth-order valence-corrected chi connectivity index (χ4v) is 3.52. The van der Waals surface area contributed by atoms with E-state index < -0.39 is 5.97 Å². The van der Waals surface area contributed by atoms with Gasteiger partial charge in [-0.25, -0.2) is 14.2 Å². The SMILES string of the molecule is COC1CCCC(OC(=O)c2csc(-c3ccc(F)cc3)n2)C1. The lowest BCUT2D eigenvalue weighted by molar-refractivity contribution is -0.0152. The van der Waals surface area contributed by atoms with Crippen LogP contribution in [0.2, 0.25) is 0 Å². The minimum Gasteiger partial charge on any atom is -0.458 e. The molecular formula is C17H18FNO3S. The molecule has 1 saturated carbocycles. The molecule has 3 rings (SSSR count). The molecule has 23 heavy (non-hydrogen) atoms. The third kappa shape index (κ3) is 3.95. The molecule has 2 atom stereocenters. The van der Waals surface area contributed by atoms with Crippen molar-refractivity contribution in [3.05, 3.63) is 41.2 Å². The summed E-state index contributed by atoms with van der Waals surface area (Å²) in [4.78, 5) is 16.5. The number of methoxy groups -OCH3 is 1. The lowest BCUT2D eigenvalue weighted by Gasteiger charge is -2.27. The number of benzene rings is 1. The average Bonchev–Trinajstić information content (AvgIpc) is 3.06. The summed E-state index contributed by atoms with van der Waals surface area (Å²) in [6.07, 6.45) is 3.64. The molecule has 1 aromatic heterocycles. The lowest BCUT2D eigenvalue weighted by atomic mass is 9.95. The fourth-order valence-electron chi connectivity index (χ4n) is 2.73. The number of halogens is 1. The molecular weight excluding hydrogens is 317 g/mol. The highest BCUT2D eigenvalue weighted by Gasteiger charge is 2.26. The zero-order chi connectivity index (χ0) is 16.2. The molecule has 0 N–H and O–H groups in total. The Morgan fingerprint density at radius 1 is 1.26 bits per heavy atom. The zero-order valence-corrected chi connectivity index (χ0v) is 13.6. The van der Waals surface area contributed by atoms with Crippen LogP contribution >= 0.6 is 11.3 Å². The number of nitrogens with zero attached hydrogens (tertiary/aromatic N) is 1. The van der Waals surface area contributed by atoms with E-state index in [1.165, 1.54) is 23.5 Å². The number of ether oxygens (including phenoxy) is 2. The quantitative estimate of drug-likeness (QED) is 0.791. The van der Waals surface area contributed by atoms with Gasteiger partial charge in [0.25, 0.3) is 0 Å². The highest BCUT2D eigenvalue weighted by Crippen LogP contribution is 2.26. The molecule has 4 nitrogen and oxygen atoms in total. The van der Waals surface area contributed by atoms with Gasteiger partial charge >= 0.3 is 5.97 Å². The van der Waals surface area contributed by atoms with Crippen LogP contribution < -0.4 is 0 Å². The van der Waals surface area contributed by atoms with E-state index in [4.69, 9.17) is 9.47 Å². The van der Waals surface area contributed by atoms with Crippen molar-refractivity contribution in [1.82, 2.24) is 4.98 Å². The van der Waals surface area contributed by atoms with Gasteiger partial charge in [-0.2, -0.15) is 0 Å². The van der Waals surface area contributed by atoms with Gasteiger partial charge in [0.15, 0.2) is 5.69 Å². The minimum atomic E-state index is -0.406. The first kappa shape index (κ1) is 16.1. The van der Waals surface area contributed by atoms with Gasteiger partial charge < -0.3 is 9.47 Å². The molecule has 6 heteroatoms. The summed E-state index contributed by atoms with van der Waals surface area (Å²) >= 11 is 1.34. The van der Waals surface area contributed by atoms with E-state index in [-0.39, 0.29) is 18.0 Å². The van der Waals surface area contributed by atoms with Crippen LogP contribution in [-0.2, 0) is 9.47 Å².